The number of nitrogens with zero attached hydrogens (tertiary/aromatic N) is 5. The van der Waals surface area contributed by atoms with Crippen molar-refractivity contribution < 1.29 is 4.74 Å². The van der Waals surface area contributed by atoms with Crippen molar-refractivity contribution in [2.75, 3.05) is 12.3 Å². The zero-order valence-corrected chi connectivity index (χ0v) is 25.4. The molecule has 1 fully saturated rings. The maximum absolute atomic E-state index is 6.45. The fourth-order valence-corrected chi connectivity index (χ4v) is 6.84. The van der Waals surface area contributed by atoms with Crippen molar-refractivity contribution in [2.24, 2.45) is 0 Å². The minimum Gasteiger partial charge on any atom is -0.399 e. The summed E-state index contributed by atoms with van der Waals surface area (Å²) in [4.78, 5) is 5.48. The van der Waals surface area contributed by atoms with Crippen LogP contribution < -0.4 is 5.73 Å². The largest absolute Gasteiger partial charge is 0.399 e. The molecule has 0 radical (unpaired) electrons. The van der Waals surface area contributed by atoms with Crippen LogP contribution in [0.3, 0.4) is 0 Å². The molecule has 0 aliphatic carbocycles. The van der Waals surface area contributed by atoms with Gasteiger partial charge >= 0.3 is 0 Å². The lowest BCUT2D eigenvalue weighted by molar-refractivity contribution is -0.0421. The zero-order chi connectivity index (χ0) is 30.9. The van der Waals surface area contributed by atoms with E-state index >= 15 is 0 Å². The Kier molecular flexibility index (Phi) is 7.15. The van der Waals surface area contributed by atoms with Gasteiger partial charge in [0.05, 0.1) is 5.52 Å². The van der Waals surface area contributed by atoms with Crippen LogP contribution in [0.25, 0.3) is 28.1 Å². The van der Waals surface area contributed by atoms with E-state index in [1.54, 1.807) is 0 Å². The second kappa shape index (κ2) is 11.8. The smallest absolute Gasteiger partial charge is 0.270 e. The quantitative estimate of drug-likeness (QED) is 0.148. The van der Waals surface area contributed by atoms with Gasteiger partial charge in [0.1, 0.15) is 11.1 Å². The number of hydrogen-bond acceptors (Lipinski definition) is 5. The summed E-state index contributed by atoms with van der Waals surface area (Å²) in [5.41, 5.74) is 12.1. The predicted molar refractivity (Wildman–Crippen MR) is 182 cm³/mol. The summed E-state index contributed by atoms with van der Waals surface area (Å²) < 4.78 is 10.3. The summed E-state index contributed by atoms with van der Waals surface area (Å²) in [5, 5.41) is 11.4. The van der Waals surface area contributed by atoms with Crippen molar-refractivity contribution in [2.45, 2.75) is 30.9 Å². The lowest BCUT2D eigenvalue weighted by atomic mass is 9.68. The predicted octanol–water partition coefficient (Wildman–Crippen LogP) is 7.95. The number of anilines is 1. The van der Waals surface area contributed by atoms with E-state index in [4.69, 9.17) is 25.7 Å². The molecule has 7 aromatic rings. The molecule has 226 valence electrons. The van der Waals surface area contributed by atoms with E-state index in [-0.39, 0.29) is 6.23 Å². The zero-order valence-electron chi connectivity index (χ0n) is 25.4. The van der Waals surface area contributed by atoms with E-state index in [0.717, 1.165) is 63.9 Å². The average Bonchev–Trinajstić information content (AvgIpc) is 3.74. The van der Waals surface area contributed by atoms with Gasteiger partial charge in [-0.05, 0) is 54.2 Å². The lowest BCUT2D eigenvalue weighted by Gasteiger charge is -2.36. The highest BCUT2D eigenvalue weighted by Gasteiger charge is 2.44. The number of para-hydroxylation sites is 1. The molecule has 7 heteroatoms. The van der Waals surface area contributed by atoms with Crippen LogP contribution in [0.1, 0.15) is 48.0 Å². The van der Waals surface area contributed by atoms with Gasteiger partial charge in [0.15, 0.2) is 12.1 Å². The Morgan fingerprint density at radius 1 is 0.674 bits per heavy atom. The van der Waals surface area contributed by atoms with Crippen LogP contribution in [0, 0.1) is 0 Å². The number of benzene rings is 5. The number of nitrogen functional groups attached to an aromatic ring is 1. The molecule has 0 bridgehead atoms. The van der Waals surface area contributed by atoms with E-state index in [1.165, 1.54) is 0 Å². The number of hydrogen-bond donors (Lipinski definition) is 1. The van der Waals surface area contributed by atoms with E-state index in [1.807, 2.05) is 45.8 Å². The first-order valence-corrected chi connectivity index (χ1v) is 15.8. The summed E-state index contributed by atoms with van der Waals surface area (Å²) in [6, 6.07) is 47.8. The molecule has 7 nitrogen and oxygen atoms in total. The summed E-state index contributed by atoms with van der Waals surface area (Å²) in [5.74, 6) is 1.27. The van der Waals surface area contributed by atoms with Crippen molar-refractivity contribution in [3.8, 4) is 17.2 Å². The number of nitrogens with two attached hydrogens (primary N) is 1. The lowest BCUT2D eigenvalue weighted by Crippen LogP contribution is -2.36. The van der Waals surface area contributed by atoms with Crippen molar-refractivity contribution in [3.63, 3.8) is 0 Å². The molecule has 0 saturated carbocycles. The van der Waals surface area contributed by atoms with Crippen molar-refractivity contribution in [1.29, 1.82) is 0 Å². The first kappa shape index (κ1) is 28.0. The van der Waals surface area contributed by atoms with E-state index in [0.29, 0.717) is 18.2 Å². The molecule has 1 saturated heterocycles. The highest BCUT2D eigenvalue weighted by molar-refractivity contribution is 5.94. The van der Waals surface area contributed by atoms with Gasteiger partial charge in [-0.25, -0.2) is 4.68 Å². The molecular formula is C39H34N6O. The van der Waals surface area contributed by atoms with Gasteiger partial charge in [-0.3, -0.25) is 0 Å². The van der Waals surface area contributed by atoms with Crippen LogP contribution in [0.4, 0.5) is 5.69 Å². The normalized spacial score (nSPS) is 15.3. The first-order valence-electron chi connectivity index (χ1n) is 15.8. The maximum atomic E-state index is 6.45. The number of aromatic nitrogens is 5. The van der Waals surface area contributed by atoms with Gasteiger partial charge in [0.2, 0.25) is 0 Å². The Morgan fingerprint density at radius 3 is 1.91 bits per heavy atom. The third kappa shape index (κ3) is 4.68. The number of ether oxygens (including phenoxy) is 1. The van der Waals surface area contributed by atoms with Crippen LogP contribution in [-0.4, -0.2) is 31.2 Å². The van der Waals surface area contributed by atoms with Gasteiger partial charge in [0, 0.05) is 23.2 Å². The fraction of sp³-hybridized carbons (Fsp3) is 0.154. The van der Waals surface area contributed by atoms with Gasteiger partial charge in [-0.15, -0.1) is 5.10 Å². The van der Waals surface area contributed by atoms with Gasteiger partial charge in [-0.1, -0.05) is 121 Å². The van der Waals surface area contributed by atoms with Crippen LogP contribution >= 0.6 is 0 Å². The summed E-state index contributed by atoms with van der Waals surface area (Å²) >= 11 is 0. The summed E-state index contributed by atoms with van der Waals surface area (Å²) in [6.07, 6.45) is 2.66. The Bertz CT molecular complexity index is 2000. The average molecular weight is 603 g/mol. The summed E-state index contributed by atoms with van der Waals surface area (Å²) in [6.45, 7) is 0.679. The molecule has 1 atom stereocenters. The third-order valence-corrected chi connectivity index (χ3v) is 8.94. The second-order valence-corrected chi connectivity index (χ2v) is 11.8. The highest BCUT2D eigenvalue weighted by atomic mass is 16.5. The molecule has 1 aliphatic rings. The van der Waals surface area contributed by atoms with Crippen LogP contribution in [0.5, 0.6) is 0 Å². The molecular weight excluding hydrogens is 568 g/mol. The standard InChI is InChI=1S/C39H34N6O/c40-32-22-14-15-28(27-32)36-33-23-10-11-24-34(33)44(42-36)38-41-37(45(43-38)35-25-12-13-26-46-35)39(29-16-4-1-5-17-29,30-18-6-2-7-19-30)31-20-8-3-9-21-31/h1-11,14-24,27,35H,12-13,25-26,40H2. The SMILES string of the molecule is Nc1cccc(-c2nn(-c3nc(C(c4ccccc4)(c4ccccc4)c4ccccc4)n(C4CCCCO4)n3)c3ccccc23)c1. The van der Waals surface area contributed by atoms with E-state index in [2.05, 4.69) is 103 Å². The molecule has 5 aromatic carbocycles. The molecule has 46 heavy (non-hydrogen) atoms. The Balaban J connectivity index is 1.45. The van der Waals surface area contributed by atoms with Gasteiger partial charge in [-0.2, -0.15) is 14.8 Å². The fourth-order valence-electron chi connectivity index (χ4n) is 6.84. The molecule has 1 unspecified atom stereocenters. The van der Waals surface area contributed by atoms with Crippen molar-refractivity contribution in [1.82, 2.24) is 24.5 Å². The Labute approximate surface area is 267 Å². The van der Waals surface area contributed by atoms with E-state index in [9.17, 15) is 0 Å². The number of rotatable bonds is 7. The molecule has 0 amide bonds. The van der Waals surface area contributed by atoms with E-state index < -0.39 is 5.41 Å². The number of fused-ring (bicyclic) bond motifs is 1. The molecule has 2 N–H and O–H groups in total. The minimum absolute atomic E-state index is 0.268. The van der Waals surface area contributed by atoms with Crippen molar-refractivity contribution in [3.05, 3.63) is 162 Å². The Morgan fingerprint density at radius 2 is 1.30 bits per heavy atom. The molecule has 0 spiro atoms. The minimum atomic E-state index is -0.796. The van der Waals surface area contributed by atoms with Crippen molar-refractivity contribution >= 4 is 16.6 Å². The van der Waals surface area contributed by atoms with Gasteiger partial charge < -0.3 is 10.5 Å². The first-order chi connectivity index (χ1) is 22.7. The van der Waals surface area contributed by atoms with Gasteiger partial charge in [0.25, 0.3) is 5.95 Å². The van der Waals surface area contributed by atoms with Crippen LogP contribution in [0.2, 0.25) is 0 Å². The molecule has 2 aromatic heterocycles. The monoisotopic (exact) mass is 602 g/mol. The molecule has 3 heterocycles. The summed E-state index contributed by atoms with van der Waals surface area (Å²) in [7, 11) is 0. The highest BCUT2D eigenvalue weighted by Crippen LogP contribution is 2.46. The molecule has 8 rings (SSSR count). The van der Waals surface area contributed by atoms with Crippen LogP contribution in [0.15, 0.2) is 140 Å². The molecule has 1 aliphatic heterocycles. The third-order valence-electron chi connectivity index (χ3n) is 8.94. The van der Waals surface area contributed by atoms with Crippen LogP contribution in [-0.2, 0) is 10.2 Å². The second-order valence-electron chi connectivity index (χ2n) is 11.8. The topological polar surface area (TPSA) is 83.8 Å². The Hall–Kier alpha value is -5.53. The maximum Gasteiger partial charge on any atom is 0.270 e.